The maximum Gasteiger partial charge on any atom is 0.274 e. The molecule has 1 aliphatic rings. The number of hydrogen-bond acceptors (Lipinski definition) is 3. The summed E-state index contributed by atoms with van der Waals surface area (Å²) >= 11 is 6.25. The Kier molecular flexibility index (Phi) is 3.36. The van der Waals surface area contributed by atoms with Gasteiger partial charge < -0.3 is 10.6 Å². The molecule has 104 valence electrons. The quantitative estimate of drug-likeness (QED) is 0.893. The molecule has 1 fully saturated rings. The van der Waals surface area contributed by atoms with E-state index in [1.165, 1.54) is 6.20 Å². The van der Waals surface area contributed by atoms with E-state index in [4.69, 9.17) is 17.3 Å². The second-order valence-electron chi connectivity index (χ2n) is 4.88. The number of hydrogen-bond donors (Lipinski definition) is 2. The van der Waals surface area contributed by atoms with E-state index in [9.17, 15) is 4.79 Å². The van der Waals surface area contributed by atoms with E-state index in [-0.39, 0.29) is 11.9 Å². The first-order valence-electron chi connectivity index (χ1n) is 6.52. The Morgan fingerprint density at radius 2 is 2.25 bits per heavy atom. The van der Waals surface area contributed by atoms with Crippen molar-refractivity contribution in [2.24, 2.45) is 0 Å². The van der Waals surface area contributed by atoms with Gasteiger partial charge in [-0.3, -0.25) is 9.89 Å². The number of nitrogen functional groups attached to an aromatic ring is 1. The van der Waals surface area contributed by atoms with Crippen LogP contribution in [0.25, 0.3) is 0 Å². The molecule has 3 rings (SSSR count). The molecule has 1 aromatic heterocycles. The van der Waals surface area contributed by atoms with Crippen molar-refractivity contribution in [2.75, 3.05) is 12.3 Å². The van der Waals surface area contributed by atoms with Crippen molar-refractivity contribution >= 4 is 23.2 Å². The number of amides is 1. The number of aromatic nitrogens is 2. The van der Waals surface area contributed by atoms with Crippen LogP contribution in [0.4, 0.5) is 5.69 Å². The van der Waals surface area contributed by atoms with Crippen molar-refractivity contribution in [3.8, 4) is 0 Å². The van der Waals surface area contributed by atoms with Crippen LogP contribution in [0.5, 0.6) is 0 Å². The van der Waals surface area contributed by atoms with Gasteiger partial charge in [0.15, 0.2) is 0 Å². The lowest BCUT2D eigenvalue weighted by molar-refractivity contribution is 0.0731. The molecule has 20 heavy (non-hydrogen) atoms. The number of aromatic amines is 1. The highest BCUT2D eigenvalue weighted by atomic mass is 35.5. The Labute approximate surface area is 121 Å². The van der Waals surface area contributed by atoms with Crippen molar-refractivity contribution in [2.45, 2.75) is 18.9 Å². The Morgan fingerprint density at radius 3 is 2.95 bits per heavy atom. The number of carbonyl (C=O) groups excluding carboxylic acids is 1. The lowest BCUT2D eigenvalue weighted by atomic mass is 10.0. The van der Waals surface area contributed by atoms with Gasteiger partial charge in [-0.25, -0.2) is 0 Å². The Hall–Kier alpha value is -2.01. The molecule has 0 aliphatic carbocycles. The van der Waals surface area contributed by atoms with Crippen molar-refractivity contribution in [1.82, 2.24) is 15.1 Å². The fraction of sp³-hybridized carbons (Fsp3) is 0.286. The molecule has 0 bridgehead atoms. The summed E-state index contributed by atoms with van der Waals surface area (Å²) in [6.45, 7) is 0.702. The molecule has 1 saturated heterocycles. The third kappa shape index (κ3) is 2.14. The van der Waals surface area contributed by atoms with Gasteiger partial charge in [0, 0.05) is 11.6 Å². The van der Waals surface area contributed by atoms with Gasteiger partial charge in [0.05, 0.1) is 17.9 Å². The van der Waals surface area contributed by atoms with Crippen molar-refractivity contribution in [1.29, 1.82) is 0 Å². The summed E-state index contributed by atoms with van der Waals surface area (Å²) in [5, 5.41) is 7.17. The van der Waals surface area contributed by atoms with Crippen LogP contribution < -0.4 is 5.73 Å². The van der Waals surface area contributed by atoms with Gasteiger partial charge in [-0.05, 0) is 24.5 Å². The molecule has 2 aromatic rings. The van der Waals surface area contributed by atoms with Gasteiger partial charge >= 0.3 is 0 Å². The maximum atomic E-state index is 12.6. The second kappa shape index (κ2) is 5.17. The van der Waals surface area contributed by atoms with Crippen LogP contribution in [0.3, 0.4) is 0 Å². The first kappa shape index (κ1) is 13.0. The van der Waals surface area contributed by atoms with Gasteiger partial charge in [-0.2, -0.15) is 5.10 Å². The highest BCUT2D eigenvalue weighted by molar-refractivity contribution is 6.31. The van der Waals surface area contributed by atoms with Crippen molar-refractivity contribution in [3.05, 3.63) is 46.7 Å². The number of nitrogens with two attached hydrogens (primary N) is 1. The minimum absolute atomic E-state index is 0.00102. The number of H-pyrrole nitrogens is 1. The molecule has 2 heterocycles. The van der Waals surface area contributed by atoms with E-state index in [1.807, 2.05) is 29.2 Å². The number of likely N-dealkylation sites (tertiary alicyclic amines) is 1. The summed E-state index contributed by atoms with van der Waals surface area (Å²) in [6, 6.07) is 7.64. The molecule has 1 aromatic carbocycles. The molecule has 1 aliphatic heterocycles. The molecule has 6 heteroatoms. The fourth-order valence-corrected chi connectivity index (χ4v) is 2.95. The number of carbonyl (C=O) groups is 1. The van der Waals surface area contributed by atoms with Crippen LogP contribution >= 0.6 is 11.6 Å². The predicted molar refractivity (Wildman–Crippen MR) is 77.5 cm³/mol. The standard InChI is InChI=1S/C14H15ClN4O/c15-10-5-2-1-4-9(10)12-6-3-7-19(12)14(20)13-11(16)8-17-18-13/h1-2,4-5,8,12H,3,6-7,16H2,(H,17,18). The van der Waals surface area contributed by atoms with Crippen LogP contribution in [-0.4, -0.2) is 27.5 Å². The normalized spacial score (nSPS) is 18.4. The monoisotopic (exact) mass is 290 g/mol. The molecule has 1 unspecified atom stereocenters. The third-order valence-corrected chi connectivity index (χ3v) is 4.00. The number of rotatable bonds is 2. The van der Waals surface area contributed by atoms with E-state index in [0.29, 0.717) is 22.9 Å². The SMILES string of the molecule is Nc1cn[nH]c1C(=O)N1CCCC1c1ccccc1Cl. The summed E-state index contributed by atoms with van der Waals surface area (Å²) < 4.78 is 0. The molecular weight excluding hydrogens is 276 g/mol. The summed E-state index contributed by atoms with van der Waals surface area (Å²) in [6.07, 6.45) is 3.31. The fourth-order valence-electron chi connectivity index (χ4n) is 2.69. The predicted octanol–water partition coefficient (Wildman–Crippen LogP) is 2.62. The Morgan fingerprint density at radius 1 is 1.45 bits per heavy atom. The van der Waals surface area contributed by atoms with Gasteiger partial charge in [0.2, 0.25) is 0 Å². The van der Waals surface area contributed by atoms with Crippen LogP contribution in [0.1, 0.15) is 34.9 Å². The number of nitrogens with zero attached hydrogens (tertiary/aromatic N) is 2. The lowest BCUT2D eigenvalue weighted by Crippen LogP contribution is -2.31. The summed E-state index contributed by atoms with van der Waals surface area (Å²) in [5.74, 6) is -0.123. The van der Waals surface area contributed by atoms with E-state index in [0.717, 1.165) is 18.4 Å². The molecular formula is C14H15ClN4O. The smallest absolute Gasteiger partial charge is 0.274 e. The Balaban J connectivity index is 1.92. The van der Waals surface area contributed by atoms with Crippen LogP contribution in [0, 0.1) is 0 Å². The minimum Gasteiger partial charge on any atom is -0.396 e. The molecule has 0 spiro atoms. The van der Waals surface area contributed by atoms with E-state index >= 15 is 0 Å². The van der Waals surface area contributed by atoms with Crippen molar-refractivity contribution in [3.63, 3.8) is 0 Å². The number of halogens is 1. The summed E-state index contributed by atoms with van der Waals surface area (Å²) in [7, 11) is 0. The summed E-state index contributed by atoms with van der Waals surface area (Å²) in [4.78, 5) is 14.4. The zero-order valence-corrected chi connectivity index (χ0v) is 11.6. The van der Waals surface area contributed by atoms with Gasteiger partial charge in [-0.1, -0.05) is 29.8 Å². The van der Waals surface area contributed by atoms with Crippen molar-refractivity contribution < 1.29 is 4.79 Å². The first-order valence-corrected chi connectivity index (χ1v) is 6.90. The summed E-state index contributed by atoms with van der Waals surface area (Å²) in [5.41, 5.74) is 7.47. The van der Waals surface area contributed by atoms with E-state index in [2.05, 4.69) is 10.2 Å². The first-order chi connectivity index (χ1) is 9.68. The lowest BCUT2D eigenvalue weighted by Gasteiger charge is -2.25. The van der Waals surface area contributed by atoms with E-state index < -0.39 is 0 Å². The van der Waals surface area contributed by atoms with E-state index in [1.54, 1.807) is 0 Å². The largest absolute Gasteiger partial charge is 0.396 e. The van der Waals surface area contributed by atoms with Crippen LogP contribution in [0.15, 0.2) is 30.5 Å². The highest BCUT2D eigenvalue weighted by Crippen LogP contribution is 2.36. The highest BCUT2D eigenvalue weighted by Gasteiger charge is 2.33. The van der Waals surface area contributed by atoms with Crippen LogP contribution in [0.2, 0.25) is 5.02 Å². The number of nitrogens with one attached hydrogen (secondary N) is 1. The number of benzene rings is 1. The molecule has 5 nitrogen and oxygen atoms in total. The molecule has 3 N–H and O–H groups in total. The molecule has 0 saturated carbocycles. The second-order valence-corrected chi connectivity index (χ2v) is 5.29. The van der Waals surface area contributed by atoms with Crippen LogP contribution in [-0.2, 0) is 0 Å². The molecule has 1 amide bonds. The van der Waals surface area contributed by atoms with Gasteiger partial charge in [-0.15, -0.1) is 0 Å². The Bertz CT molecular complexity index is 640. The molecule has 0 radical (unpaired) electrons. The average molecular weight is 291 g/mol. The van der Waals surface area contributed by atoms with Gasteiger partial charge in [0.1, 0.15) is 5.69 Å². The minimum atomic E-state index is -0.123. The zero-order chi connectivity index (χ0) is 14.1. The average Bonchev–Trinajstić information content (AvgIpc) is 3.07. The molecule has 1 atom stereocenters. The number of anilines is 1. The third-order valence-electron chi connectivity index (χ3n) is 3.66. The zero-order valence-electron chi connectivity index (χ0n) is 10.8. The maximum absolute atomic E-state index is 12.6. The van der Waals surface area contributed by atoms with Gasteiger partial charge in [0.25, 0.3) is 5.91 Å². The topological polar surface area (TPSA) is 75.0 Å².